The van der Waals surface area contributed by atoms with E-state index in [0.29, 0.717) is 24.1 Å². The molecule has 0 saturated carbocycles. The van der Waals surface area contributed by atoms with Crippen LogP contribution in [0.5, 0.6) is 0 Å². The predicted molar refractivity (Wildman–Crippen MR) is 126 cm³/mol. The molecule has 1 amide bonds. The Hall–Kier alpha value is -1.70. The van der Waals surface area contributed by atoms with Gasteiger partial charge in [-0.1, -0.05) is 18.2 Å². The molecule has 8 heteroatoms. The van der Waals surface area contributed by atoms with Crippen LogP contribution in [0.4, 0.5) is 10.1 Å². The molecule has 2 aliphatic heterocycles. The Balaban J connectivity index is 0.00000171. The zero-order chi connectivity index (χ0) is 20.4. The summed E-state index contributed by atoms with van der Waals surface area (Å²) in [5.74, 6) is -0.609. The van der Waals surface area contributed by atoms with Crippen molar-refractivity contribution in [2.24, 2.45) is 0 Å². The number of amides is 1. The largest absolute Gasteiger partial charge is 0.373 e. The number of morpholine rings is 1. The van der Waals surface area contributed by atoms with Crippen molar-refractivity contribution in [3.8, 4) is 0 Å². The quantitative estimate of drug-likeness (QED) is 0.704. The number of carbonyl (C=O) groups excluding carboxylic acids is 1. The number of carbonyl (C=O) groups is 1. The summed E-state index contributed by atoms with van der Waals surface area (Å²) in [6, 6.07) is 11.1. The second-order valence-electron chi connectivity index (χ2n) is 8.09. The Morgan fingerprint density at radius 3 is 2.48 bits per heavy atom. The van der Waals surface area contributed by atoms with Gasteiger partial charge in [0.15, 0.2) is 0 Å². The first-order valence-electron chi connectivity index (χ1n) is 10.3. The van der Waals surface area contributed by atoms with E-state index in [1.54, 1.807) is 18.2 Å². The molecule has 1 fully saturated rings. The van der Waals surface area contributed by atoms with E-state index in [-0.39, 0.29) is 54.4 Å². The average molecular weight is 470 g/mol. The van der Waals surface area contributed by atoms with Crippen molar-refractivity contribution in [3.63, 3.8) is 0 Å². The summed E-state index contributed by atoms with van der Waals surface area (Å²) in [5.41, 5.74) is 3.58. The fourth-order valence-electron chi connectivity index (χ4n) is 4.26. The van der Waals surface area contributed by atoms with Gasteiger partial charge < -0.3 is 15.4 Å². The van der Waals surface area contributed by atoms with Crippen LogP contribution in [-0.2, 0) is 24.2 Å². The third kappa shape index (κ3) is 6.18. The van der Waals surface area contributed by atoms with Crippen molar-refractivity contribution in [2.45, 2.75) is 45.6 Å². The van der Waals surface area contributed by atoms with Gasteiger partial charge in [-0.15, -0.1) is 24.8 Å². The van der Waals surface area contributed by atoms with Gasteiger partial charge in [-0.05, 0) is 61.7 Å². The normalized spacial score (nSPS) is 20.7. The Kier molecular flexibility index (Phi) is 9.28. The molecule has 1 saturated heterocycles. The summed E-state index contributed by atoms with van der Waals surface area (Å²) in [4.78, 5) is 15.0. The van der Waals surface area contributed by atoms with Crippen LogP contribution in [0, 0.1) is 5.82 Å². The summed E-state index contributed by atoms with van der Waals surface area (Å²) in [6.45, 7) is 8.23. The molecule has 2 N–H and O–H groups in total. The molecule has 170 valence electrons. The zero-order valence-electron chi connectivity index (χ0n) is 17.8. The second-order valence-corrected chi connectivity index (χ2v) is 8.09. The highest BCUT2D eigenvalue weighted by Crippen LogP contribution is 2.25. The summed E-state index contributed by atoms with van der Waals surface area (Å²) in [5, 5.41) is 5.96. The highest BCUT2D eigenvalue weighted by atomic mass is 35.5. The maximum absolute atomic E-state index is 14.8. The maximum atomic E-state index is 14.8. The highest BCUT2D eigenvalue weighted by molar-refractivity contribution is 6.04. The van der Waals surface area contributed by atoms with E-state index in [2.05, 4.69) is 29.4 Å². The summed E-state index contributed by atoms with van der Waals surface area (Å²) in [7, 11) is 0. The van der Waals surface area contributed by atoms with Crippen LogP contribution < -0.4 is 10.6 Å². The first kappa shape index (κ1) is 25.6. The Bertz CT molecular complexity index is 885. The number of rotatable bonds is 4. The lowest BCUT2D eigenvalue weighted by molar-refractivity contribution is -0.0704. The van der Waals surface area contributed by atoms with Crippen LogP contribution in [-0.4, -0.2) is 42.6 Å². The first-order valence-corrected chi connectivity index (χ1v) is 10.3. The lowest BCUT2D eigenvalue weighted by Crippen LogP contribution is -2.44. The van der Waals surface area contributed by atoms with Gasteiger partial charge in [0.1, 0.15) is 5.82 Å². The third-order valence-electron chi connectivity index (χ3n) is 5.57. The monoisotopic (exact) mass is 469 g/mol. The topological polar surface area (TPSA) is 53.6 Å². The maximum Gasteiger partial charge on any atom is 0.255 e. The average Bonchev–Trinajstić information content (AvgIpc) is 2.70. The third-order valence-corrected chi connectivity index (χ3v) is 5.57. The Morgan fingerprint density at radius 2 is 1.81 bits per heavy atom. The number of fused-ring (bicyclic) bond motifs is 1. The standard InChI is InChI=1S/C23H28FN3O2.2ClH/c1-15-12-27(13-16(2)29-15)14-17-3-5-18(6-4-17)23(28)26-21-8-7-19-11-25-10-9-20(19)22(21)24;;/h3-8,15-16,25H,9-14H2,1-2H3,(H,26,28);2*1H. The lowest BCUT2D eigenvalue weighted by atomic mass is 9.99. The first-order chi connectivity index (χ1) is 14.0. The highest BCUT2D eigenvalue weighted by Gasteiger charge is 2.22. The van der Waals surface area contributed by atoms with E-state index in [0.717, 1.165) is 37.3 Å². The SMILES string of the molecule is CC1CN(Cc2ccc(C(=O)Nc3ccc4c(c3F)CCNC4)cc2)CC(C)O1.Cl.Cl. The summed E-state index contributed by atoms with van der Waals surface area (Å²) < 4.78 is 20.5. The van der Waals surface area contributed by atoms with Gasteiger partial charge in [0.05, 0.1) is 17.9 Å². The Labute approximate surface area is 195 Å². The minimum atomic E-state index is -0.315. The molecule has 5 nitrogen and oxygen atoms in total. The van der Waals surface area contributed by atoms with Crippen LogP contribution in [0.3, 0.4) is 0 Å². The number of hydrogen-bond acceptors (Lipinski definition) is 4. The molecule has 4 rings (SSSR count). The van der Waals surface area contributed by atoms with Gasteiger partial charge in [-0.2, -0.15) is 0 Å². The molecule has 2 aliphatic rings. The van der Waals surface area contributed by atoms with E-state index in [4.69, 9.17) is 4.74 Å². The van der Waals surface area contributed by atoms with Gasteiger partial charge in [0.25, 0.3) is 5.91 Å². The number of hydrogen-bond donors (Lipinski definition) is 2. The van der Waals surface area contributed by atoms with Crippen LogP contribution in [0.2, 0.25) is 0 Å². The summed E-state index contributed by atoms with van der Waals surface area (Å²) in [6.07, 6.45) is 1.09. The smallest absolute Gasteiger partial charge is 0.255 e. The number of benzene rings is 2. The number of nitrogens with zero attached hydrogens (tertiary/aromatic N) is 1. The molecule has 2 aromatic carbocycles. The van der Waals surface area contributed by atoms with Crippen LogP contribution in [0.1, 0.15) is 40.9 Å². The van der Waals surface area contributed by atoms with Crippen molar-refractivity contribution in [1.82, 2.24) is 10.2 Å². The molecule has 2 unspecified atom stereocenters. The van der Waals surface area contributed by atoms with Gasteiger partial charge in [0.2, 0.25) is 0 Å². The number of anilines is 1. The van der Waals surface area contributed by atoms with Gasteiger partial charge >= 0.3 is 0 Å². The molecular weight excluding hydrogens is 440 g/mol. The molecule has 0 bridgehead atoms. The molecule has 0 aromatic heterocycles. The van der Waals surface area contributed by atoms with Crippen molar-refractivity contribution < 1.29 is 13.9 Å². The molecule has 2 aromatic rings. The lowest BCUT2D eigenvalue weighted by Gasteiger charge is -2.35. The molecule has 0 radical (unpaired) electrons. The van der Waals surface area contributed by atoms with Crippen molar-refractivity contribution >= 4 is 36.4 Å². The number of halogens is 3. The predicted octanol–water partition coefficient (Wildman–Crippen LogP) is 4.18. The zero-order valence-corrected chi connectivity index (χ0v) is 19.5. The Morgan fingerprint density at radius 1 is 1.13 bits per heavy atom. The van der Waals surface area contributed by atoms with E-state index in [1.807, 2.05) is 18.2 Å². The van der Waals surface area contributed by atoms with Crippen molar-refractivity contribution in [2.75, 3.05) is 25.0 Å². The molecule has 31 heavy (non-hydrogen) atoms. The minimum absolute atomic E-state index is 0. The molecule has 2 atom stereocenters. The van der Waals surface area contributed by atoms with Gasteiger partial charge in [-0.25, -0.2) is 4.39 Å². The molecule has 0 spiro atoms. The van der Waals surface area contributed by atoms with E-state index in [1.165, 1.54) is 0 Å². The van der Waals surface area contributed by atoms with Crippen LogP contribution >= 0.6 is 24.8 Å². The van der Waals surface area contributed by atoms with Crippen molar-refractivity contribution in [3.05, 3.63) is 64.5 Å². The van der Waals surface area contributed by atoms with E-state index in [9.17, 15) is 9.18 Å². The van der Waals surface area contributed by atoms with Gasteiger partial charge in [-0.3, -0.25) is 9.69 Å². The second kappa shape index (κ2) is 11.2. The van der Waals surface area contributed by atoms with Crippen molar-refractivity contribution in [1.29, 1.82) is 0 Å². The van der Waals surface area contributed by atoms with Gasteiger partial charge in [0, 0.05) is 31.7 Å². The number of nitrogens with one attached hydrogen (secondary N) is 2. The summed E-state index contributed by atoms with van der Waals surface area (Å²) >= 11 is 0. The fraction of sp³-hybridized carbons (Fsp3) is 0.435. The van der Waals surface area contributed by atoms with E-state index < -0.39 is 0 Å². The van der Waals surface area contributed by atoms with E-state index >= 15 is 0 Å². The number of ether oxygens (including phenoxy) is 1. The molecule has 0 aliphatic carbocycles. The fourth-order valence-corrected chi connectivity index (χ4v) is 4.26. The molecule has 2 heterocycles. The minimum Gasteiger partial charge on any atom is -0.373 e. The van der Waals surface area contributed by atoms with Crippen LogP contribution in [0.25, 0.3) is 0 Å². The molecular formula is C23H30Cl2FN3O2. The van der Waals surface area contributed by atoms with Crippen LogP contribution in [0.15, 0.2) is 36.4 Å².